The number of tetrazole rings is 1. The third-order valence-electron chi connectivity index (χ3n) is 2.57. The monoisotopic (exact) mass is 307 g/mol. The molecule has 0 aliphatic carbocycles. The molecule has 0 spiro atoms. The van der Waals surface area contributed by atoms with Crippen molar-refractivity contribution < 1.29 is 8.42 Å². The summed E-state index contributed by atoms with van der Waals surface area (Å²) in [6.07, 6.45) is 0. The van der Waals surface area contributed by atoms with E-state index in [2.05, 4.69) is 20.8 Å². The van der Waals surface area contributed by atoms with Gasteiger partial charge in [-0.05, 0) is 30.8 Å². The molecule has 0 aliphatic rings. The van der Waals surface area contributed by atoms with Crippen LogP contribution in [0.1, 0.15) is 20.8 Å². The molecule has 19 heavy (non-hydrogen) atoms. The predicted molar refractivity (Wildman–Crippen MR) is 76.0 cm³/mol. The smallest absolute Gasteiger partial charge is 0.209 e. The Kier molecular flexibility index (Phi) is 6.73. The van der Waals surface area contributed by atoms with Gasteiger partial charge < -0.3 is 5.32 Å². The molecule has 0 aromatic carbocycles. The molecule has 0 radical (unpaired) electrons. The quantitative estimate of drug-likeness (QED) is 0.515. The number of hydrogen-bond acceptors (Lipinski definition) is 7. The highest BCUT2D eigenvalue weighted by atomic mass is 32.2. The first-order valence-electron chi connectivity index (χ1n) is 6.28. The Hall–Kier alpha value is -0.670. The van der Waals surface area contributed by atoms with E-state index >= 15 is 0 Å². The van der Waals surface area contributed by atoms with Crippen molar-refractivity contribution in [3.05, 3.63) is 0 Å². The summed E-state index contributed by atoms with van der Waals surface area (Å²) in [5, 5.41) is 14.9. The highest BCUT2D eigenvalue weighted by Crippen LogP contribution is 2.14. The summed E-state index contributed by atoms with van der Waals surface area (Å²) in [5.74, 6) is 0.623. The van der Waals surface area contributed by atoms with Crippen molar-refractivity contribution in [2.75, 3.05) is 24.6 Å². The summed E-state index contributed by atoms with van der Waals surface area (Å²) in [5.41, 5.74) is 0. The average molecular weight is 307 g/mol. The van der Waals surface area contributed by atoms with Crippen LogP contribution >= 0.6 is 11.8 Å². The van der Waals surface area contributed by atoms with Gasteiger partial charge in [-0.15, -0.1) is 5.10 Å². The fourth-order valence-corrected chi connectivity index (χ4v) is 3.57. The molecular weight excluding hydrogens is 286 g/mol. The molecule has 0 fully saturated rings. The van der Waals surface area contributed by atoms with E-state index in [1.165, 1.54) is 11.8 Å². The van der Waals surface area contributed by atoms with Gasteiger partial charge in [0.1, 0.15) is 0 Å². The largest absolute Gasteiger partial charge is 0.315 e. The molecule has 0 unspecified atom stereocenters. The highest BCUT2D eigenvalue weighted by molar-refractivity contribution is 8.00. The van der Waals surface area contributed by atoms with E-state index in [0.717, 1.165) is 13.1 Å². The number of likely N-dealkylation sites (N-methyl/N-ethyl adjacent to an activating group) is 1. The van der Waals surface area contributed by atoms with Gasteiger partial charge in [0.05, 0.1) is 17.5 Å². The first-order valence-corrected chi connectivity index (χ1v) is 8.98. The van der Waals surface area contributed by atoms with Crippen LogP contribution in [0.3, 0.4) is 0 Å². The second-order valence-electron chi connectivity index (χ2n) is 4.30. The van der Waals surface area contributed by atoms with Crippen LogP contribution < -0.4 is 5.32 Å². The number of nitrogens with zero attached hydrogens (tertiary/aromatic N) is 4. The normalized spacial score (nSPS) is 12.2. The maximum Gasteiger partial charge on any atom is 0.209 e. The summed E-state index contributed by atoms with van der Waals surface area (Å²) in [7, 11) is -3.00. The first kappa shape index (κ1) is 16.4. The molecule has 110 valence electrons. The van der Waals surface area contributed by atoms with Crippen LogP contribution in [-0.2, 0) is 16.4 Å². The average Bonchev–Trinajstić information content (AvgIpc) is 2.77. The Morgan fingerprint density at radius 2 is 2.16 bits per heavy atom. The maximum absolute atomic E-state index is 11.7. The Bertz CT molecular complexity index is 472. The molecule has 0 aliphatic heterocycles. The Balaban J connectivity index is 2.44. The number of hydrogen-bond donors (Lipinski definition) is 1. The van der Waals surface area contributed by atoms with Crippen molar-refractivity contribution in [3.63, 3.8) is 0 Å². The van der Waals surface area contributed by atoms with Crippen LogP contribution in [0, 0.1) is 0 Å². The molecular formula is C10H21N5O2S2. The molecule has 7 nitrogen and oxygen atoms in total. The van der Waals surface area contributed by atoms with Gasteiger partial charge in [-0.1, -0.05) is 18.7 Å². The lowest BCUT2D eigenvalue weighted by Crippen LogP contribution is -2.21. The van der Waals surface area contributed by atoms with E-state index in [0.29, 0.717) is 17.5 Å². The molecule has 1 rings (SSSR count). The minimum atomic E-state index is -3.00. The fourth-order valence-electron chi connectivity index (χ4n) is 1.29. The summed E-state index contributed by atoms with van der Waals surface area (Å²) >= 11 is 1.38. The van der Waals surface area contributed by atoms with E-state index in [9.17, 15) is 8.42 Å². The van der Waals surface area contributed by atoms with Crippen LogP contribution in [0.4, 0.5) is 0 Å². The predicted octanol–water partition coefficient (Wildman–Crippen LogP) is 0.198. The highest BCUT2D eigenvalue weighted by Gasteiger charge is 2.16. The Morgan fingerprint density at radius 3 is 2.79 bits per heavy atom. The number of nitrogens with one attached hydrogen (secondary N) is 1. The lowest BCUT2D eigenvalue weighted by molar-refractivity contribution is 0.517. The molecule has 0 atom stereocenters. The van der Waals surface area contributed by atoms with Crippen LogP contribution in [0.15, 0.2) is 5.16 Å². The summed E-state index contributed by atoms with van der Waals surface area (Å²) in [4.78, 5) is 0. The minimum Gasteiger partial charge on any atom is -0.315 e. The number of sulfone groups is 1. The summed E-state index contributed by atoms with van der Waals surface area (Å²) in [6, 6.07) is 0. The molecule has 1 heterocycles. The van der Waals surface area contributed by atoms with E-state index in [1.54, 1.807) is 18.5 Å². The lowest BCUT2D eigenvalue weighted by Gasteiger charge is -2.07. The standard InChI is InChI=1S/C10H21N5O2S2/c1-4-11-5-6-15-10(12-13-14-15)18-7-8-19(16,17)9(2)3/h9,11H,4-8H2,1-3H3. The van der Waals surface area contributed by atoms with Crippen LogP contribution in [0.2, 0.25) is 0 Å². The maximum atomic E-state index is 11.7. The van der Waals surface area contributed by atoms with Crippen molar-refractivity contribution in [1.29, 1.82) is 0 Å². The zero-order chi connectivity index (χ0) is 14.3. The zero-order valence-corrected chi connectivity index (χ0v) is 13.2. The molecule has 0 amide bonds. The SMILES string of the molecule is CCNCCn1nnnc1SCCS(=O)(=O)C(C)C. The molecule has 1 aromatic heterocycles. The van der Waals surface area contributed by atoms with Crippen molar-refractivity contribution >= 4 is 21.6 Å². The van der Waals surface area contributed by atoms with Crippen molar-refractivity contribution in [2.24, 2.45) is 0 Å². The number of aromatic nitrogens is 4. The molecule has 0 bridgehead atoms. The van der Waals surface area contributed by atoms with Crippen molar-refractivity contribution in [2.45, 2.75) is 37.7 Å². The topological polar surface area (TPSA) is 89.8 Å². The van der Waals surface area contributed by atoms with Gasteiger partial charge in [-0.25, -0.2) is 13.1 Å². The van der Waals surface area contributed by atoms with Crippen molar-refractivity contribution in [3.8, 4) is 0 Å². The van der Waals surface area contributed by atoms with E-state index in [4.69, 9.17) is 0 Å². The molecule has 1 N–H and O–H groups in total. The number of thioether (sulfide) groups is 1. The number of rotatable bonds is 9. The summed E-state index contributed by atoms with van der Waals surface area (Å²) in [6.45, 7) is 7.80. The van der Waals surface area contributed by atoms with E-state index in [1.807, 2.05) is 6.92 Å². The Labute approximate surface area is 118 Å². The van der Waals surface area contributed by atoms with Crippen LogP contribution in [0.5, 0.6) is 0 Å². The summed E-state index contributed by atoms with van der Waals surface area (Å²) < 4.78 is 25.0. The van der Waals surface area contributed by atoms with Gasteiger partial charge in [0, 0.05) is 12.3 Å². The molecule has 9 heteroatoms. The molecule has 0 saturated carbocycles. The first-order chi connectivity index (χ1) is 8.97. The van der Waals surface area contributed by atoms with Gasteiger partial charge in [0.25, 0.3) is 0 Å². The lowest BCUT2D eigenvalue weighted by atomic mass is 10.6. The van der Waals surface area contributed by atoms with E-state index in [-0.39, 0.29) is 11.0 Å². The van der Waals surface area contributed by atoms with Gasteiger partial charge in [-0.3, -0.25) is 0 Å². The second-order valence-corrected chi connectivity index (χ2v) is 8.04. The fraction of sp³-hybridized carbons (Fsp3) is 0.900. The zero-order valence-electron chi connectivity index (χ0n) is 11.5. The minimum absolute atomic E-state index is 0.148. The molecule has 0 saturated heterocycles. The Morgan fingerprint density at radius 1 is 1.42 bits per heavy atom. The van der Waals surface area contributed by atoms with Crippen molar-refractivity contribution in [1.82, 2.24) is 25.5 Å². The van der Waals surface area contributed by atoms with Gasteiger partial charge in [0.2, 0.25) is 5.16 Å². The third-order valence-corrected chi connectivity index (χ3v) is 5.99. The van der Waals surface area contributed by atoms with Gasteiger partial charge in [0.15, 0.2) is 9.84 Å². The third kappa shape index (κ3) is 5.45. The van der Waals surface area contributed by atoms with Crippen LogP contribution in [0.25, 0.3) is 0 Å². The van der Waals surface area contributed by atoms with E-state index < -0.39 is 9.84 Å². The van der Waals surface area contributed by atoms with Gasteiger partial charge in [-0.2, -0.15) is 0 Å². The molecule has 1 aromatic rings. The van der Waals surface area contributed by atoms with Gasteiger partial charge >= 0.3 is 0 Å². The van der Waals surface area contributed by atoms with Crippen LogP contribution in [-0.4, -0.2) is 58.5 Å². The second kappa shape index (κ2) is 7.81.